The van der Waals surface area contributed by atoms with E-state index < -0.39 is 0 Å². The molecule has 4 heterocycles. The zero-order valence-corrected chi connectivity index (χ0v) is 13.0. The van der Waals surface area contributed by atoms with Crippen molar-refractivity contribution < 1.29 is 9.53 Å². The lowest BCUT2D eigenvalue weighted by molar-refractivity contribution is -0.206. The van der Waals surface area contributed by atoms with E-state index in [-0.39, 0.29) is 34.9 Å². The van der Waals surface area contributed by atoms with E-state index >= 15 is 0 Å². The number of esters is 1. The maximum Gasteiger partial charge on any atom is 0.310 e. The highest BCUT2D eigenvalue weighted by atomic mass is 16.5. The molecule has 0 N–H and O–H groups in total. The van der Waals surface area contributed by atoms with Crippen LogP contribution in [0.15, 0.2) is 34.3 Å². The average Bonchev–Trinajstić information content (AvgIpc) is 2.89. The van der Waals surface area contributed by atoms with Crippen molar-refractivity contribution in [3.8, 4) is 0 Å². The van der Waals surface area contributed by atoms with E-state index in [0.717, 1.165) is 30.7 Å². The monoisotopic (exact) mass is 306 g/mol. The van der Waals surface area contributed by atoms with Crippen molar-refractivity contribution in [1.29, 1.82) is 0 Å². The maximum absolute atomic E-state index is 12.8. The molecular weight excluding hydrogens is 288 g/mol. The number of para-hydroxylation sites is 1. The van der Waals surface area contributed by atoms with Crippen molar-refractivity contribution >= 4 is 23.6 Å². The van der Waals surface area contributed by atoms with Gasteiger partial charge in [-0.3, -0.25) is 14.8 Å². The SMILES string of the molecule is CCC12C=NC3CC1C1C(=O)OC2CC12C3=Nc1ccccc12. The van der Waals surface area contributed by atoms with E-state index in [1.165, 1.54) is 5.56 Å². The highest BCUT2D eigenvalue weighted by Crippen LogP contribution is 2.68. The van der Waals surface area contributed by atoms with Crippen molar-refractivity contribution in [3.63, 3.8) is 0 Å². The number of hydrogen-bond acceptors (Lipinski definition) is 4. The molecule has 2 saturated carbocycles. The molecule has 0 radical (unpaired) electrons. The molecule has 0 amide bonds. The fraction of sp³-hybridized carbons (Fsp3) is 0.526. The van der Waals surface area contributed by atoms with E-state index in [4.69, 9.17) is 14.7 Å². The Balaban J connectivity index is 1.70. The van der Waals surface area contributed by atoms with Gasteiger partial charge in [0.2, 0.25) is 0 Å². The molecule has 23 heavy (non-hydrogen) atoms. The van der Waals surface area contributed by atoms with Gasteiger partial charge in [0.15, 0.2) is 0 Å². The van der Waals surface area contributed by atoms with Crippen LogP contribution in [-0.2, 0) is 14.9 Å². The lowest BCUT2D eigenvalue weighted by Gasteiger charge is -2.65. The van der Waals surface area contributed by atoms with Crippen LogP contribution < -0.4 is 0 Å². The molecule has 4 heteroatoms. The molecule has 4 aliphatic heterocycles. The smallest absolute Gasteiger partial charge is 0.310 e. The number of nitrogens with zero attached hydrogens (tertiary/aromatic N) is 2. The molecule has 6 aliphatic rings. The summed E-state index contributed by atoms with van der Waals surface area (Å²) in [4.78, 5) is 22.7. The summed E-state index contributed by atoms with van der Waals surface area (Å²) < 4.78 is 5.88. The molecule has 6 unspecified atom stereocenters. The summed E-state index contributed by atoms with van der Waals surface area (Å²) in [5.41, 5.74) is 3.09. The molecule has 5 bridgehead atoms. The van der Waals surface area contributed by atoms with Gasteiger partial charge in [-0.05, 0) is 30.4 Å². The van der Waals surface area contributed by atoms with E-state index in [9.17, 15) is 4.79 Å². The van der Waals surface area contributed by atoms with Crippen molar-refractivity contribution in [3.05, 3.63) is 29.8 Å². The number of benzene rings is 1. The summed E-state index contributed by atoms with van der Waals surface area (Å²) in [6.45, 7) is 2.21. The molecule has 6 atom stereocenters. The highest BCUT2D eigenvalue weighted by Gasteiger charge is 2.74. The van der Waals surface area contributed by atoms with Crippen LogP contribution >= 0.6 is 0 Å². The minimum Gasteiger partial charge on any atom is -0.461 e. The van der Waals surface area contributed by atoms with Gasteiger partial charge < -0.3 is 4.74 Å². The standard InChI is InChI=1S/C19H18N2O2/c1-2-18-9-20-13-7-11(18)15-17(22)23-14(18)8-19(15)10-5-3-4-6-12(10)21-16(13)19/h3-6,9,11,13-15H,2,7-8H2,1H3. The first kappa shape index (κ1) is 12.5. The van der Waals surface area contributed by atoms with Crippen LogP contribution in [0.5, 0.6) is 0 Å². The van der Waals surface area contributed by atoms with E-state index in [0.29, 0.717) is 5.92 Å². The maximum atomic E-state index is 12.8. The number of carbonyl (C=O) groups excluding carboxylic acids is 1. The summed E-state index contributed by atoms with van der Waals surface area (Å²) in [6, 6.07) is 8.49. The lowest BCUT2D eigenvalue weighted by Crippen LogP contribution is -2.74. The molecule has 4 nitrogen and oxygen atoms in total. The molecule has 1 aromatic carbocycles. The van der Waals surface area contributed by atoms with Gasteiger partial charge in [-0.25, -0.2) is 0 Å². The Morgan fingerprint density at radius 3 is 3.09 bits per heavy atom. The predicted molar refractivity (Wildman–Crippen MR) is 86.3 cm³/mol. The van der Waals surface area contributed by atoms with Gasteiger partial charge in [0, 0.05) is 18.1 Å². The first-order valence-corrected chi connectivity index (χ1v) is 8.64. The second kappa shape index (κ2) is 3.58. The second-order valence-corrected chi connectivity index (χ2v) is 7.69. The van der Waals surface area contributed by atoms with Crippen LogP contribution in [-0.4, -0.2) is 30.0 Å². The van der Waals surface area contributed by atoms with Crippen LogP contribution in [0.4, 0.5) is 5.69 Å². The number of hydrogen-bond donors (Lipinski definition) is 0. The first-order valence-electron chi connectivity index (χ1n) is 8.64. The number of rotatable bonds is 1. The largest absolute Gasteiger partial charge is 0.461 e. The molecular formula is C19H18N2O2. The zero-order chi connectivity index (χ0) is 15.4. The first-order chi connectivity index (χ1) is 11.2. The number of aliphatic imine (C=N–C) groups is 2. The molecule has 2 saturated heterocycles. The summed E-state index contributed by atoms with van der Waals surface area (Å²) in [5, 5.41) is 0. The summed E-state index contributed by atoms with van der Waals surface area (Å²) >= 11 is 0. The van der Waals surface area contributed by atoms with E-state index in [1.54, 1.807) is 0 Å². The minimum absolute atomic E-state index is 0.00604. The highest BCUT2D eigenvalue weighted by molar-refractivity contribution is 6.11. The Hall–Kier alpha value is -1.97. The summed E-state index contributed by atoms with van der Waals surface area (Å²) in [5.74, 6) is 0.256. The average molecular weight is 306 g/mol. The van der Waals surface area contributed by atoms with Crippen molar-refractivity contribution in [2.24, 2.45) is 27.2 Å². The normalized spacial score (nSPS) is 47.2. The van der Waals surface area contributed by atoms with Crippen LogP contribution in [0, 0.1) is 17.3 Å². The Labute approximate surface area is 134 Å². The summed E-state index contributed by atoms with van der Waals surface area (Å²) in [7, 11) is 0. The molecule has 116 valence electrons. The molecule has 2 aliphatic carbocycles. The number of ether oxygens (including phenoxy) is 1. The number of carbonyl (C=O) groups is 1. The predicted octanol–water partition coefficient (Wildman–Crippen LogP) is 2.83. The zero-order valence-electron chi connectivity index (χ0n) is 13.0. The van der Waals surface area contributed by atoms with E-state index in [2.05, 4.69) is 31.3 Å². The Morgan fingerprint density at radius 1 is 1.35 bits per heavy atom. The number of fused-ring (bicyclic) bond motifs is 4. The molecule has 0 aromatic heterocycles. The third kappa shape index (κ3) is 1.10. The molecule has 1 aromatic rings. The van der Waals surface area contributed by atoms with Gasteiger partial charge >= 0.3 is 5.97 Å². The Kier molecular flexibility index (Phi) is 1.94. The quantitative estimate of drug-likeness (QED) is 0.749. The van der Waals surface area contributed by atoms with Crippen molar-refractivity contribution in [2.45, 2.75) is 43.7 Å². The van der Waals surface area contributed by atoms with Gasteiger partial charge in [-0.2, -0.15) is 0 Å². The van der Waals surface area contributed by atoms with Gasteiger partial charge in [0.1, 0.15) is 6.10 Å². The second-order valence-electron chi connectivity index (χ2n) is 7.69. The third-order valence-corrected chi connectivity index (χ3v) is 7.23. The van der Waals surface area contributed by atoms with Crippen molar-refractivity contribution in [1.82, 2.24) is 0 Å². The molecule has 4 fully saturated rings. The molecule has 7 rings (SSSR count). The fourth-order valence-electron chi connectivity index (χ4n) is 6.29. The minimum atomic E-state index is -0.249. The van der Waals surface area contributed by atoms with Crippen LogP contribution in [0.2, 0.25) is 0 Å². The Bertz CT molecular complexity index is 828. The van der Waals surface area contributed by atoms with E-state index in [1.807, 2.05) is 6.07 Å². The van der Waals surface area contributed by atoms with Gasteiger partial charge in [-0.1, -0.05) is 25.1 Å². The van der Waals surface area contributed by atoms with Crippen LogP contribution in [0.25, 0.3) is 0 Å². The third-order valence-electron chi connectivity index (χ3n) is 7.23. The van der Waals surface area contributed by atoms with Crippen LogP contribution in [0.1, 0.15) is 31.7 Å². The van der Waals surface area contributed by atoms with Crippen LogP contribution in [0.3, 0.4) is 0 Å². The topological polar surface area (TPSA) is 51.0 Å². The molecule has 1 spiro atoms. The van der Waals surface area contributed by atoms with Crippen molar-refractivity contribution in [2.75, 3.05) is 0 Å². The van der Waals surface area contributed by atoms with Gasteiger partial charge in [0.05, 0.1) is 28.8 Å². The lowest BCUT2D eigenvalue weighted by atomic mass is 9.41. The van der Waals surface area contributed by atoms with Gasteiger partial charge in [0.25, 0.3) is 0 Å². The fourth-order valence-corrected chi connectivity index (χ4v) is 6.29. The van der Waals surface area contributed by atoms with Gasteiger partial charge in [-0.15, -0.1) is 0 Å². The Morgan fingerprint density at radius 2 is 2.22 bits per heavy atom. The summed E-state index contributed by atoms with van der Waals surface area (Å²) in [6.07, 6.45) is 4.90.